The number of ether oxygens (including phenoxy) is 1. The first kappa shape index (κ1) is 12.4. The van der Waals surface area contributed by atoms with E-state index in [0.29, 0.717) is 6.54 Å². The summed E-state index contributed by atoms with van der Waals surface area (Å²) in [5, 5.41) is 11.8. The van der Waals surface area contributed by atoms with E-state index in [1.54, 1.807) is 4.68 Å². The molecule has 17 heavy (non-hydrogen) atoms. The molecular formula is C10H20N6O. The van der Waals surface area contributed by atoms with Crippen LogP contribution in [-0.4, -0.2) is 57.9 Å². The number of hydrogen-bond donors (Lipinski definition) is 1. The SMILES string of the molecule is CCN1CCOC(c2nnnn2CCCN)C1. The lowest BCUT2D eigenvalue weighted by molar-refractivity contribution is -0.0347. The van der Waals surface area contributed by atoms with Crippen molar-refractivity contribution in [3.05, 3.63) is 5.82 Å². The molecule has 0 spiro atoms. The van der Waals surface area contributed by atoms with Crippen LogP contribution in [-0.2, 0) is 11.3 Å². The topological polar surface area (TPSA) is 82.1 Å². The number of nitrogens with zero attached hydrogens (tertiary/aromatic N) is 5. The highest BCUT2D eigenvalue weighted by Crippen LogP contribution is 2.19. The summed E-state index contributed by atoms with van der Waals surface area (Å²) >= 11 is 0. The fourth-order valence-electron chi connectivity index (χ4n) is 1.99. The van der Waals surface area contributed by atoms with E-state index in [1.165, 1.54) is 0 Å². The molecule has 7 nitrogen and oxygen atoms in total. The Morgan fingerprint density at radius 2 is 2.41 bits per heavy atom. The highest BCUT2D eigenvalue weighted by Gasteiger charge is 2.25. The van der Waals surface area contributed by atoms with Crippen LogP contribution in [0.4, 0.5) is 0 Å². The summed E-state index contributed by atoms with van der Waals surface area (Å²) in [7, 11) is 0. The number of morpholine rings is 1. The monoisotopic (exact) mass is 240 g/mol. The van der Waals surface area contributed by atoms with Crippen LogP contribution >= 0.6 is 0 Å². The highest BCUT2D eigenvalue weighted by atomic mass is 16.5. The van der Waals surface area contributed by atoms with Gasteiger partial charge in [0, 0.05) is 19.6 Å². The molecule has 1 saturated heterocycles. The summed E-state index contributed by atoms with van der Waals surface area (Å²) in [6.45, 7) is 7.17. The molecule has 1 aliphatic rings. The Bertz CT molecular complexity index is 341. The van der Waals surface area contributed by atoms with Crippen molar-refractivity contribution in [2.45, 2.75) is 26.0 Å². The van der Waals surface area contributed by atoms with Crippen LogP contribution < -0.4 is 5.73 Å². The van der Waals surface area contributed by atoms with Gasteiger partial charge in [-0.25, -0.2) is 4.68 Å². The van der Waals surface area contributed by atoms with Gasteiger partial charge in [0.2, 0.25) is 0 Å². The van der Waals surface area contributed by atoms with Crippen LogP contribution in [0.5, 0.6) is 0 Å². The van der Waals surface area contributed by atoms with Crippen molar-refractivity contribution in [2.75, 3.05) is 32.8 Å². The van der Waals surface area contributed by atoms with Crippen molar-refractivity contribution in [1.29, 1.82) is 0 Å². The van der Waals surface area contributed by atoms with Crippen LogP contribution in [0.1, 0.15) is 25.3 Å². The zero-order valence-corrected chi connectivity index (χ0v) is 10.2. The van der Waals surface area contributed by atoms with Crippen molar-refractivity contribution in [2.24, 2.45) is 5.73 Å². The first-order valence-corrected chi connectivity index (χ1v) is 6.15. The first-order valence-electron chi connectivity index (χ1n) is 6.15. The molecule has 1 aliphatic heterocycles. The van der Waals surface area contributed by atoms with Gasteiger partial charge >= 0.3 is 0 Å². The third kappa shape index (κ3) is 2.99. The second-order valence-electron chi connectivity index (χ2n) is 4.16. The maximum atomic E-state index is 5.74. The number of hydrogen-bond acceptors (Lipinski definition) is 6. The van der Waals surface area contributed by atoms with E-state index in [2.05, 4.69) is 27.3 Å². The molecule has 2 rings (SSSR count). The van der Waals surface area contributed by atoms with Crippen LogP contribution in [0, 0.1) is 0 Å². The second-order valence-corrected chi connectivity index (χ2v) is 4.16. The molecule has 0 aromatic carbocycles. The molecule has 2 heterocycles. The van der Waals surface area contributed by atoms with Crippen molar-refractivity contribution < 1.29 is 4.74 Å². The van der Waals surface area contributed by atoms with E-state index in [-0.39, 0.29) is 6.10 Å². The Kier molecular flexibility index (Phi) is 4.41. The molecule has 0 aliphatic carbocycles. The number of tetrazole rings is 1. The molecule has 2 N–H and O–H groups in total. The number of aryl methyl sites for hydroxylation is 1. The molecule has 0 bridgehead atoms. The van der Waals surface area contributed by atoms with Gasteiger partial charge in [-0.2, -0.15) is 0 Å². The summed E-state index contributed by atoms with van der Waals surface area (Å²) in [6.07, 6.45) is 0.860. The zero-order valence-electron chi connectivity index (χ0n) is 10.2. The standard InChI is InChI=1S/C10H20N6O/c1-2-15-6-7-17-9(8-15)10-12-13-14-16(10)5-3-4-11/h9H,2-8,11H2,1H3. The molecule has 0 radical (unpaired) electrons. The molecule has 96 valence electrons. The average molecular weight is 240 g/mol. The number of likely N-dealkylation sites (N-methyl/N-ethyl adjacent to an activating group) is 1. The van der Waals surface area contributed by atoms with Gasteiger partial charge < -0.3 is 10.5 Å². The molecule has 1 aromatic heterocycles. The molecule has 1 aromatic rings. The molecular weight excluding hydrogens is 220 g/mol. The van der Waals surface area contributed by atoms with Gasteiger partial charge in [-0.15, -0.1) is 5.10 Å². The van der Waals surface area contributed by atoms with Crippen molar-refractivity contribution in [3.8, 4) is 0 Å². The number of aromatic nitrogens is 4. The Morgan fingerprint density at radius 3 is 3.18 bits per heavy atom. The maximum Gasteiger partial charge on any atom is 0.181 e. The molecule has 0 amide bonds. The lowest BCUT2D eigenvalue weighted by atomic mass is 10.2. The number of nitrogens with two attached hydrogens (primary N) is 1. The fraction of sp³-hybridized carbons (Fsp3) is 0.900. The molecule has 1 atom stereocenters. The first-order chi connectivity index (χ1) is 8.35. The van der Waals surface area contributed by atoms with E-state index in [4.69, 9.17) is 10.5 Å². The smallest absolute Gasteiger partial charge is 0.181 e. The van der Waals surface area contributed by atoms with Gasteiger partial charge in [0.1, 0.15) is 6.10 Å². The Morgan fingerprint density at radius 1 is 1.53 bits per heavy atom. The molecule has 1 unspecified atom stereocenters. The largest absolute Gasteiger partial charge is 0.367 e. The molecule has 0 saturated carbocycles. The Labute approximate surface area is 101 Å². The summed E-state index contributed by atoms with van der Waals surface area (Å²) in [6, 6.07) is 0. The fourth-order valence-corrected chi connectivity index (χ4v) is 1.99. The lowest BCUT2D eigenvalue weighted by Gasteiger charge is -2.31. The van der Waals surface area contributed by atoms with Crippen molar-refractivity contribution in [3.63, 3.8) is 0 Å². The Hall–Kier alpha value is -1.05. The van der Waals surface area contributed by atoms with E-state index >= 15 is 0 Å². The summed E-state index contributed by atoms with van der Waals surface area (Å²) in [5.41, 5.74) is 5.50. The summed E-state index contributed by atoms with van der Waals surface area (Å²) in [5.74, 6) is 0.816. The second kappa shape index (κ2) is 6.04. The van der Waals surface area contributed by atoms with E-state index in [0.717, 1.165) is 45.0 Å². The van der Waals surface area contributed by atoms with Gasteiger partial charge in [-0.3, -0.25) is 4.90 Å². The summed E-state index contributed by atoms with van der Waals surface area (Å²) in [4.78, 5) is 2.34. The van der Waals surface area contributed by atoms with Gasteiger partial charge in [-0.1, -0.05) is 6.92 Å². The minimum Gasteiger partial charge on any atom is -0.367 e. The van der Waals surface area contributed by atoms with Crippen molar-refractivity contribution in [1.82, 2.24) is 25.1 Å². The minimum atomic E-state index is -0.0172. The Balaban J connectivity index is 2.02. The third-order valence-corrected chi connectivity index (χ3v) is 3.02. The van der Waals surface area contributed by atoms with Crippen LogP contribution in [0.15, 0.2) is 0 Å². The average Bonchev–Trinajstić information content (AvgIpc) is 2.84. The number of rotatable bonds is 5. The van der Waals surface area contributed by atoms with Crippen LogP contribution in [0.3, 0.4) is 0 Å². The van der Waals surface area contributed by atoms with Gasteiger partial charge in [-0.05, 0) is 29.9 Å². The van der Waals surface area contributed by atoms with E-state index in [9.17, 15) is 0 Å². The van der Waals surface area contributed by atoms with Crippen molar-refractivity contribution >= 4 is 0 Å². The zero-order chi connectivity index (χ0) is 12.1. The minimum absolute atomic E-state index is 0.0172. The summed E-state index contributed by atoms with van der Waals surface area (Å²) < 4.78 is 7.54. The predicted molar refractivity (Wildman–Crippen MR) is 62.3 cm³/mol. The van der Waals surface area contributed by atoms with Gasteiger partial charge in [0.25, 0.3) is 0 Å². The highest BCUT2D eigenvalue weighted by molar-refractivity contribution is 4.91. The predicted octanol–water partition coefficient (Wildman–Crippen LogP) is -0.585. The normalized spacial score (nSPS) is 21.9. The van der Waals surface area contributed by atoms with E-state index < -0.39 is 0 Å². The molecule has 1 fully saturated rings. The van der Waals surface area contributed by atoms with Gasteiger partial charge in [0.05, 0.1) is 6.61 Å². The maximum absolute atomic E-state index is 5.74. The van der Waals surface area contributed by atoms with Gasteiger partial charge in [0.15, 0.2) is 5.82 Å². The lowest BCUT2D eigenvalue weighted by Crippen LogP contribution is -2.39. The van der Waals surface area contributed by atoms with E-state index in [1.807, 2.05) is 0 Å². The molecule has 7 heteroatoms. The van der Waals surface area contributed by atoms with Crippen LogP contribution in [0.2, 0.25) is 0 Å². The van der Waals surface area contributed by atoms with Crippen LogP contribution in [0.25, 0.3) is 0 Å². The quantitative estimate of drug-likeness (QED) is 0.741. The third-order valence-electron chi connectivity index (χ3n) is 3.02.